The van der Waals surface area contributed by atoms with E-state index in [1.165, 1.54) is 30.8 Å². The number of nitrogens with zero attached hydrogens (tertiary/aromatic N) is 5. The first-order chi connectivity index (χ1) is 25.5. The number of hydrogen-bond acceptors (Lipinski definition) is 10. The second kappa shape index (κ2) is 16.5. The highest BCUT2D eigenvalue weighted by molar-refractivity contribution is 7.89. The van der Waals surface area contributed by atoms with Gasteiger partial charge in [0.15, 0.2) is 5.82 Å². The van der Waals surface area contributed by atoms with Crippen LogP contribution in [0.3, 0.4) is 0 Å². The molecule has 0 aliphatic carbocycles. The van der Waals surface area contributed by atoms with Crippen molar-refractivity contribution in [1.29, 1.82) is 0 Å². The molecule has 0 spiro atoms. The normalized spacial score (nSPS) is 20.2. The Balaban J connectivity index is 1.47. The molecular formula is C35H44N10O8S. The number of aromatic amines is 1. The maximum atomic E-state index is 14.0. The molecule has 5 N–H and O–H groups in total. The van der Waals surface area contributed by atoms with Crippen molar-refractivity contribution < 1.29 is 27.6 Å². The zero-order valence-corrected chi connectivity index (χ0v) is 31.4. The second-order valence-corrected chi connectivity index (χ2v) is 15.5. The molecule has 4 aromatic rings. The number of fused-ring (bicyclic) bond motifs is 2. The fourth-order valence-corrected chi connectivity index (χ4v) is 7.40. The van der Waals surface area contributed by atoms with E-state index in [-0.39, 0.29) is 60.0 Å². The van der Waals surface area contributed by atoms with Crippen LogP contribution in [0.25, 0.3) is 22.3 Å². The van der Waals surface area contributed by atoms with E-state index < -0.39 is 69.6 Å². The summed E-state index contributed by atoms with van der Waals surface area (Å²) in [6.07, 6.45) is 0.323. The van der Waals surface area contributed by atoms with Gasteiger partial charge in [0.1, 0.15) is 24.5 Å². The number of nitrogens with one attached hydrogen (secondary N) is 5. The smallest absolute Gasteiger partial charge is 0.328 e. The van der Waals surface area contributed by atoms with Gasteiger partial charge in [0.05, 0.1) is 28.4 Å². The van der Waals surface area contributed by atoms with E-state index in [1.54, 1.807) is 6.92 Å². The van der Waals surface area contributed by atoms with Gasteiger partial charge in [-0.2, -0.15) is 9.40 Å². The quantitative estimate of drug-likeness (QED) is 0.181. The van der Waals surface area contributed by atoms with Gasteiger partial charge < -0.3 is 26.3 Å². The van der Waals surface area contributed by atoms with Gasteiger partial charge in [-0.05, 0) is 50.8 Å². The summed E-state index contributed by atoms with van der Waals surface area (Å²) in [6, 6.07) is 9.78. The molecular weight excluding hydrogens is 721 g/mol. The van der Waals surface area contributed by atoms with Crippen molar-refractivity contribution in [3.63, 3.8) is 0 Å². The fraction of sp³-hybridized carbons (Fsp3) is 0.429. The van der Waals surface area contributed by atoms with Crippen LogP contribution < -0.4 is 32.5 Å². The molecule has 0 unspecified atom stereocenters. The lowest BCUT2D eigenvalue weighted by Crippen LogP contribution is -2.54. The zero-order chi connectivity index (χ0) is 39.3. The minimum Gasteiger partial charge on any atom is -0.354 e. The first-order valence-corrected chi connectivity index (χ1v) is 18.9. The van der Waals surface area contributed by atoms with E-state index in [0.29, 0.717) is 11.4 Å². The van der Waals surface area contributed by atoms with Crippen LogP contribution in [0.15, 0.2) is 63.0 Å². The topological polar surface area (TPSA) is 239 Å². The first kappa shape index (κ1) is 39.5. The molecule has 0 bridgehead atoms. The van der Waals surface area contributed by atoms with Crippen LogP contribution in [0, 0.1) is 5.92 Å². The second-order valence-electron chi connectivity index (χ2n) is 13.6. The van der Waals surface area contributed by atoms with E-state index in [1.807, 2.05) is 44.2 Å². The van der Waals surface area contributed by atoms with Crippen molar-refractivity contribution in [1.82, 2.24) is 49.9 Å². The molecule has 3 atom stereocenters. The summed E-state index contributed by atoms with van der Waals surface area (Å²) in [5.41, 5.74) is -0.575. The highest BCUT2D eigenvalue weighted by atomic mass is 32.2. The summed E-state index contributed by atoms with van der Waals surface area (Å²) in [7, 11) is -3.21. The molecule has 54 heavy (non-hydrogen) atoms. The van der Waals surface area contributed by atoms with Crippen molar-refractivity contribution in [2.24, 2.45) is 13.0 Å². The summed E-state index contributed by atoms with van der Waals surface area (Å²) in [4.78, 5) is 85.2. The Kier molecular flexibility index (Phi) is 12.1. The monoisotopic (exact) mass is 764 g/mol. The number of rotatable bonds is 5. The third-order valence-corrected chi connectivity index (χ3v) is 10.7. The summed E-state index contributed by atoms with van der Waals surface area (Å²) in [5, 5.41) is 15.3. The predicted octanol–water partition coefficient (Wildman–Crippen LogP) is -0.0911. The van der Waals surface area contributed by atoms with Crippen molar-refractivity contribution >= 4 is 44.6 Å². The molecule has 1 aliphatic heterocycles. The van der Waals surface area contributed by atoms with Crippen LogP contribution >= 0.6 is 0 Å². The predicted molar refractivity (Wildman–Crippen MR) is 197 cm³/mol. The Morgan fingerprint density at radius 2 is 1.59 bits per heavy atom. The molecule has 2 aromatic carbocycles. The fourth-order valence-electron chi connectivity index (χ4n) is 5.94. The van der Waals surface area contributed by atoms with Crippen LogP contribution in [-0.2, 0) is 42.8 Å². The highest BCUT2D eigenvalue weighted by Crippen LogP contribution is 2.21. The van der Waals surface area contributed by atoms with Crippen LogP contribution in [0.4, 0.5) is 0 Å². The van der Waals surface area contributed by atoms with Crippen molar-refractivity contribution in [3.05, 3.63) is 75.2 Å². The molecule has 288 valence electrons. The Bertz CT molecular complexity index is 2280. The zero-order valence-electron chi connectivity index (χ0n) is 30.6. The highest BCUT2D eigenvalue weighted by Gasteiger charge is 2.31. The van der Waals surface area contributed by atoms with E-state index in [0.717, 1.165) is 14.9 Å². The Labute approximate surface area is 310 Å². The van der Waals surface area contributed by atoms with E-state index in [9.17, 15) is 37.2 Å². The molecule has 19 heteroatoms. The van der Waals surface area contributed by atoms with Crippen molar-refractivity contribution in [2.45, 2.75) is 70.1 Å². The molecule has 4 amide bonds. The number of carbonyl (C=O) groups excluding carboxylic acids is 4. The van der Waals surface area contributed by atoms with Crippen LogP contribution in [-0.4, -0.2) is 92.4 Å². The molecule has 3 heterocycles. The van der Waals surface area contributed by atoms with Gasteiger partial charge in [-0.15, -0.1) is 0 Å². The Morgan fingerprint density at radius 1 is 0.870 bits per heavy atom. The molecule has 0 radical (unpaired) electrons. The summed E-state index contributed by atoms with van der Waals surface area (Å²) in [6.45, 7) is 5.62. The number of aromatic nitrogens is 5. The number of amides is 4. The largest absolute Gasteiger partial charge is 0.354 e. The minimum absolute atomic E-state index is 0.00350. The third-order valence-electron chi connectivity index (χ3n) is 8.82. The lowest BCUT2D eigenvalue weighted by atomic mass is 10.0. The van der Waals surface area contributed by atoms with Crippen LogP contribution in [0.5, 0.6) is 0 Å². The van der Waals surface area contributed by atoms with E-state index in [4.69, 9.17) is 0 Å². The molecule has 0 saturated heterocycles. The molecule has 2 aromatic heterocycles. The van der Waals surface area contributed by atoms with E-state index >= 15 is 0 Å². The maximum absolute atomic E-state index is 14.0. The van der Waals surface area contributed by atoms with Crippen LogP contribution in [0.1, 0.15) is 52.4 Å². The van der Waals surface area contributed by atoms with Crippen LogP contribution in [0.2, 0.25) is 0 Å². The molecule has 5 rings (SSSR count). The Hall–Kier alpha value is -5.69. The van der Waals surface area contributed by atoms with Gasteiger partial charge >= 0.3 is 5.69 Å². The van der Waals surface area contributed by atoms with Gasteiger partial charge in [0.25, 0.3) is 5.56 Å². The summed E-state index contributed by atoms with van der Waals surface area (Å²) < 4.78 is 31.1. The SMILES string of the molecule is CC(C)C[C@H]1NC(=O)[C@@H](C)NC(=O)CN(S(=O)(=O)c2ccc3[nH]c(=O)n(C)c(=O)c3c2)CCCNC(=O)Cn2nc(-c3ccccc3)nc2[C@H](C)NC1=O. The number of sulfonamides is 1. The standard InChI is InChI=1S/C35H44N10O8S/c1-20(2)16-27-33(49)38-21(3)31-41-30(23-10-7-6-8-11-23)42-45(31)19-28(46)36-14-9-15-44(18-29(47)37-22(4)32(48)39-27)54(52,53)24-12-13-26-25(17-24)34(50)43(5)35(51)40-26/h6-8,10-13,17,20-22,27H,9,14-16,18-19H2,1-5H3,(H,36,46)(H,37,47)(H,38,49)(H,39,48)(H,40,51)/t21-,22+,27+/m0/s1. The lowest BCUT2D eigenvalue weighted by molar-refractivity contribution is -0.132. The van der Waals surface area contributed by atoms with Gasteiger partial charge in [0.2, 0.25) is 33.7 Å². The first-order valence-electron chi connectivity index (χ1n) is 17.4. The van der Waals surface area contributed by atoms with Gasteiger partial charge in [0, 0.05) is 25.7 Å². The van der Waals surface area contributed by atoms with Gasteiger partial charge in [-0.1, -0.05) is 44.2 Å². The van der Waals surface area contributed by atoms with Gasteiger partial charge in [-0.3, -0.25) is 28.5 Å². The molecule has 1 aliphatic rings. The maximum Gasteiger partial charge on any atom is 0.328 e. The average Bonchev–Trinajstić information content (AvgIpc) is 3.54. The summed E-state index contributed by atoms with van der Waals surface area (Å²) in [5.74, 6) is -1.88. The lowest BCUT2D eigenvalue weighted by Gasteiger charge is -2.25. The average molecular weight is 765 g/mol. The third kappa shape index (κ3) is 9.08. The Morgan fingerprint density at radius 3 is 2.30 bits per heavy atom. The van der Waals surface area contributed by atoms with Gasteiger partial charge in [-0.25, -0.2) is 22.9 Å². The minimum atomic E-state index is -4.46. The van der Waals surface area contributed by atoms with Crippen molar-refractivity contribution in [3.8, 4) is 11.4 Å². The number of hydrogen-bond donors (Lipinski definition) is 5. The molecule has 0 saturated carbocycles. The summed E-state index contributed by atoms with van der Waals surface area (Å²) >= 11 is 0. The van der Waals surface area contributed by atoms with E-state index in [2.05, 4.69) is 36.3 Å². The number of carbonyl (C=O) groups is 4. The molecule has 0 fully saturated rings. The molecule has 18 nitrogen and oxygen atoms in total. The number of benzene rings is 2. The van der Waals surface area contributed by atoms with Crippen molar-refractivity contribution in [2.75, 3.05) is 19.6 Å². The number of H-pyrrole nitrogens is 1.